The molecular weight excluding hydrogens is 144 g/mol. The summed E-state index contributed by atoms with van der Waals surface area (Å²) >= 11 is 0. The molecule has 0 aromatic carbocycles. The van der Waals surface area contributed by atoms with E-state index in [9.17, 15) is 0 Å². The Labute approximate surface area is 78.8 Å². The van der Waals surface area contributed by atoms with Crippen LogP contribution in [0.1, 0.15) is 66.7 Å². The quantitative estimate of drug-likeness (QED) is 0.566. The van der Waals surface area contributed by atoms with Gasteiger partial charge in [-0.1, -0.05) is 47.5 Å². The van der Waals surface area contributed by atoms with Crippen molar-refractivity contribution < 1.29 is 0 Å². The van der Waals surface area contributed by atoms with Crippen molar-refractivity contribution in [1.82, 2.24) is 0 Å². The Morgan fingerprint density at radius 3 is 2.00 bits per heavy atom. The molecule has 1 aliphatic carbocycles. The lowest BCUT2D eigenvalue weighted by Crippen LogP contribution is -2.21. The Hall–Kier alpha value is 0. The topological polar surface area (TPSA) is 0 Å². The van der Waals surface area contributed by atoms with Crippen LogP contribution in [0.3, 0.4) is 0 Å². The van der Waals surface area contributed by atoms with Crippen molar-refractivity contribution >= 4 is 0 Å². The lowest BCUT2D eigenvalue weighted by atomic mass is 9.71. The van der Waals surface area contributed by atoms with Crippen molar-refractivity contribution in [3.63, 3.8) is 0 Å². The average molecular weight is 170 g/mol. The van der Waals surface area contributed by atoms with Crippen molar-refractivity contribution in [2.24, 2.45) is 11.3 Å². The highest BCUT2D eigenvalue weighted by Gasteiger charge is 2.26. The SMILES string of the molecule is C.CC(C)CC1(C)CCCCC1. The highest BCUT2D eigenvalue weighted by atomic mass is 14.3. The van der Waals surface area contributed by atoms with Gasteiger partial charge in [0.25, 0.3) is 0 Å². The predicted molar refractivity (Wildman–Crippen MR) is 57.4 cm³/mol. The summed E-state index contributed by atoms with van der Waals surface area (Å²) in [4.78, 5) is 0. The summed E-state index contributed by atoms with van der Waals surface area (Å²) in [6.07, 6.45) is 8.82. The molecule has 0 N–H and O–H groups in total. The highest BCUT2D eigenvalue weighted by Crippen LogP contribution is 2.40. The molecule has 0 saturated heterocycles. The fourth-order valence-corrected chi connectivity index (χ4v) is 2.60. The van der Waals surface area contributed by atoms with E-state index >= 15 is 0 Å². The van der Waals surface area contributed by atoms with E-state index in [1.54, 1.807) is 0 Å². The molecule has 0 spiro atoms. The smallest absolute Gasteiger partial charge is 0.0323 e. The van der Waals surface area contributed by atoms with E-state index in [0.29, 0.717) is 5.41 Å². The highest BCUT2D eigenvalue weighted by molar-refractivity contribution is 4.79. The van der Waals surface area contributed by atoms with Gasteiger partial charge in [0.2, 0.25) is 0 Å². The number of hydrogen-bond donors (Lipinski definition) is 0. The maximum Gasteiger partial charge on any atom is -0.0323 e. The van der Waals surface area contributed by atoms with Gasteiger partial charge in [-0.3, -0.25) is 0 Å². The lowest BCUT2D eigenvalue weighted by Gasteiger charge is -2.35. The molecule has 1 saturated carbocycles. The van der Waals surface area contributed by atoms with E-state index in [0.717, 1.165) is 5.92 Å². The lowest BCUT2D eigenvalue weighted by molar-refractivity contribution is 0.175. The Balaban J connectivity index is 0.00000121. The van der Waals surface area contributed by atoms with Crippen LogP contribution in [-0.4, -0.2) is 0 Å². The summed E-state index contributed by atoms with van der Waals surface area (Å²) in [7, 11) is 0. The molecule has 0 aromatic heterocycles. The van der Waals surface area contributed by atoms with Crippen LogP contribution >= 0.6 is 0 Å². The summed E-state index contributed by atoms with van der Waals surface area (Å²) in [6.45, 7) is 7.17. The van der Waals surface area contributed by atoms with Gasteiger partial charge < -0.3 is 0 Å². The molecule has 0 nitrogen and oxygen atoms in total. The van der Waals surface area contributed by atoms with Crippen LogP contribution in [0, 0.1) is 11.3 Å². The summed E-state index contributed by atoms with van der Waals surface area (Å²) in [6, 6.07) is 0. The van der Waals surface area contributed by atoms with E-state index in [-0.39, 0.29) is 7.43 Å². The fraction of sp³-hybridized carbons (Fsp3) is 1.00. The molecule has 0 heterocycles. The van der Waals surface area contributed by atoms with Crippen LogP contribution in [0.5, 0.6) is 0 Å². The van der Waals surface area contributed by atoms with E-state index in [1.807, 2.05) is 0 Å². The number of rotatable bonds is 2. The molecule has 0 atom stereocenters. The zero-order valence-corrected chi connectivity index (χ0v) is 8.32. The van der Waals surface area contributed by atoms with Gasteiger partial charge in [-0.25, -0.2) is 0 Å². The summed E-state index contributed by atoms with van der Waals surface area (Å²) in [5, 5.41) is 0. The summed E-state index contributed by atoms with van der Waals surface area (Å²) in [5.41, 5.74) is 0.701. The first kappa shape index (κ1) is 12.0. The summed E-state index contributed by atoms with van der Waals surface area (Å²) < 4.78 is 0. The maximum atomic E-state index is 2.48. The predicted octanol–water partition coefficient (Wildman–Crippen LogP) is 4.64. The van der Waals surface area contributed by atoms with Gasteiger partial charge in [-0.15, -0.1) is 0 Å². The molecule has 1 fully saturated rings. The standard InChI is InChI=1S/C11H22.CH4/c1-10(2)9-11(3)7-5-4-6-8-11;/h10H,4-9H2,1-3H3;1H4. The fourth-order valence-electron chi connectivity index (χ4n) is 2.60. The molecule has 0 radical (unpaired) electrons. The zero-order valence-electron chi connectivity index (χ0n) is 8.32. The number of hydrogen-bond acceptors (Lipinski definition) is 0. The molecule has 1 rings (SSSR count). The molecular formula is C12H26. The second-order valence-electron chi connectivity index (χ2n) is 4.97. The monoisotopic (exact) mass is 170 g/mol. The van der Waals surface area contributed by atoms with Crippen molar-refractivity contribution in [2.75, 3.05) is 0 Å². The first-order chi connectivity index (χ1) is 5.12. The third kappa shape index (κ3) is 3.60. The molecule has 0 aliphatic heterocycles. The van der Waals surface area contributed by atoms with Gasteiger partial charge in [0.05, 0.1) is 0 Å². The third-order valence-electron chi connectivity index (χ3n) is 2.96. The van der Waals surface area contributed by atoms with Gasteiger partial charge in [0.15, 0.2) is 0 Å². The molecule has 1 aliphatic rings. The Kier molecular flexibility index (Phi) is 4.89. The molecule has 0 bridgehead atoms. The van der Waals surface area contributed by atoms with E-state index in [4.69, 9.17) is 0 Å². The van der Waals surface area contributed by atoms with Crippen LogP contribution in [0.25, 0.3) is 0 Å². The average Bonchev–Trinajstić information content (AvgIpc) is 1.85. The molecule has 12 heavy (non-hydrogen) atoms. The Bertz CT molecular complexity index is 107. The van der Waals surface area contributed by atoms with E-state index < -0.39 is 0 Å². The summed E-state index contributed by atoms with van der Waals surface area (Å²) in [5.74, 6) is 0.887. The van der Waals surface area contributed by atoms with Crippen molar-refractivity contribution in [3.8, 4) is 0 Å². The Morgan fingerprint density at radius 2 is 1.58 bits per heavy atom. The van der Waals surface area contributed by atoms with Gasteiger partial charge >= 0.3 is 0 Å². The first-order valence-electron chi connectivity index (χ1n) is 5.12. The first-order valence-corrected chi connectivity index (χ1v) is 5.12. The Morgan fingerprint density at radius 1 is 1.08 bits per heavy atom. The van der Waals surface area contributed by atoms with Crippen LogP contribution in [0.4, 0.5) is 0 Å². The van der Waals surface area contributed by atoms with Crippen LogP contribution in [0.2, 0.25) is 0 Å². The van der Waals surface area contributed by atoms with Gasteiger partial charge in [0.1, 0.15) is 0 Å². The van der Waals surface area contributed by atoms with Crippen LogP contribution in [0.15, 0.2) is 0 Å². The van der Waals surface area contributed by atoms with Gasteiger partial charge in [0, 0.05) is 0 Å². The second-order valence-corrected chi connectivity index (χ2v) is 4.97. The molecule has 0 heteroatoms. The maximum absolute atomic E-state index is 2.48. The van der Waals surface area contributed by atoms with Gasteiger partial charge in [-0.05, 0) is 30.6 Å². The minimum absolute atomic E-state index is 0. The van der Waals surface area contributed by atoms with Crippen molar-refractivity contribution in [3.05, 3.63) is 0 Å². The van der Waals surface area contributed by atoms with Crippen LogP contribution in [-0.2, 0) is 0 Å². The normalized spacial score (nSPS) is 22.0. The van der Waals surface area contributed by atoms with Gasteiger partial charge in [-0.2, -0.15) is 0 Å². The minimum Gasteiger partial charge on any atom is -0.0776 e. The molecule has 0 unspecified atom stereocenters. The largest absolute Gasteiger partial charge is 0.0776 e. The van der Waals surface area contributed by atoms with E-state index in [2.05, 4.69) is 20.8 Å². The molecule has 74 valence electrons. The second kappa shape index (κ2) is 4.89. The third-order valence-corrected chi connectivity index (χ3v) is 2.96. The van der Waals surface area contributed by atoms with Crippen LogP contribution < -0.4 is 0 Å². The zero-order chi connectivity index (χ0) is 8.32. The van der Waals surface area contributed by atoms with Crippen molar-refractivity contribution in [2.45, 2.75) is 66.7 Å². The molecule has 0 amide bonds. The van der Waals surface area contributed by atoms with Crippen molar-refractivity contribution in [1.29, 1.82) is 0 Å². The minimum atomic E-state index is 0. The molecule has 0 aromatic rings. The van der Waals surface area contributed by atoms with E-state index in [1.165, 1.54) is 38.5 Å².